The van der Waals surface area contributed by atoms with Gasteiger partial charge in [0.25, 0.3) is 0 Å². The maximum absolute atomic E-state index is 2.64. The fraction of sp³-hybridized carbons (Fsp3) is 0.120. The molecular weight excluding hydrogens is 578 g/mol. The molecule has 0 saturated carbocycles. The van der Waals surface area contributed by atoms with E-state index in [1.165, 1.54) is 11.1 Å². The van der Waals surface area contributed by atoms with E-state index in [9.17, 15) is 0 Å². The van der Waals surface area contributed by atoms with Crippen molar-refractivity contribution in [1.29, 1.82) is 0 Å². The Morgan fingerprint density at radius 2 is 1.07 bits per heavy atom. The van der Waals surface area contributed by atoms with Crippen molar-refractivity contribution in [3.8, 4) is 0 Å². The van der Waals surface area contributed by atoms with Crippen LogP contribution in [0.5, 0.6) is 0 Å². The minimum Gasteiger partial charge on any atom is -0.147 e. The Hall–Kier alpha value is -1.19. The van der Waals surface area contributed by atoms with E-state index < -0.39 is 26.6 Å². The molecule has 0 aromatic heterocycles. The number of hydrogen-bond donors (Lipinski definition) is 0. The summed E-state index contributed by atoms with van der Waals surface area (Å²) in [4.78, 5) is 0. The summed E-state index contributed by atoms with van der Waals surface area (Å²) in [6.07, 6.45) is 9.91. The van der Waals surface area contributed by atoms with Gasteiger partial charge in [0.1, 0.15) is 0 Å². The summed E-state index contributed by atoms with van der Waals surface area (Å²) < 4.78 is 1.43. The average molecular weight is 603 g/mol. The van der Waals surface area contributed by atoms with Crippen molar-refractivity contribution in [3.05, 3.63) is 113 Å². The summed E-state index contributed by atoms with van der Waals surface area (Å²) in [5.74, 6) is -0.989. The van der Waals surface area contributed by atoms with E-state index in [1.807, 2.05) is 0 Å². The van der Waals surface area contributed by atoms with Crippen LogP contribution in [0.15, 0.2) is 91.0 Å². The molecule has 5 rings (SSSR count). The van der Waals surface area contributed by atoms with Gasteiger partial charge in [-0.3, -0.25) is 0 Å². The van der Waals surface area contributed by atoms with Gasteiger partial charge < -0.3 is 0 Å². The van der Waals surface area contributed by atoms with Crippen molar-refractivity contribution in [2.24, 2.45) is 0 Å². The van der Waals surface area contributed by atoms with Gasteiger partial charge in [0.05, 0.1) is 0 Å². The van der Waals surface area contributed by atoms with E-state index in [-0.39, 0.29) is 24.8 Å². The monoisotopic (exact) mass is 603 g/mol. The molecule has 0 spiro atoms. The summed E-state index contributed by atoms with van der Waals surface area (Å²) in [7, 11) is 0. The summed E-state index contributed by atoms with van der Waals surface area (Å²) in [5.41, 5.74) is 6.12. The summed E-state index contributed by atoms with van der Waals surface area (Å²) in [6, 6.07) is 29.6. The third-order valence-electron chi connectivity index (χ3n) is 6.12. The van der Waals surface area contributed by atoms with Gasteiger partial charge in [-0.15, -0.1) is 24.8 Å². The third-order valence-corrected chi connectivity index (χ3v) is 37.5. The van der Waals surface area contributed by atoms with Crippen molar-refractivity contribution in [2.75, 3.05) is 0 Å². The van der Waals surface area contributed by atoms with Crippen LogP contribution in [0, 0.1) is 0 Å². The van der Waals surface area contributed by atoms with Gasteiger partial charge in [0, 0.05) is 0 Å². The Bertz CT molecular complexity index is 970. The van der Waals surface area contributed by atoms with Crippen molar-refractivity contribution < 1.29 is 20.6 Å². The predicted octanol–water partition coefficient (Wildman–Crippen LogP) is 6.25. The molecule has 0 radical (unpaired) electrons. The predicted molar refractivity (Wildman–Crippen MR) is 130 cm³/mol. The molecule has 0 heterocycles. The van der Waals surface area contributed by atoms with Crippen LogP contribution >= 0.6 is 24.8 Å². The topological polar surface area (TPSA) is 0 Å². The fourth-order valence-electron chi connectivity index (χ4n) is 4.75. The van der Waals surface area contributed by atoms with Gasteiger partial charge in [-0.05, 0) is 0 Å². The van der Waals surface area contributed by atoms with Gasteiger partial charge in [-0.25, -0.2) is 0 Å². The van der Waals surface area contributed by atoms with Crippen molar-refractivity contribution in [1.82, 2.24) is 0 Å². The smallest absolute Gasteiger partial charge is 0.147 e. The molecule has 0 amide bonds. The van der Waals surface area contributed by atoms with E-state index >= 15 is 0 Å². The van der Waals surface area contributed by atoms with Crippen molar-refractivity contribution >= 4 is 48.1 Å². The third kappa shape index (κ3) is 4.18. The van der Waals surface area contributed by atoms with E-state index in [1.54, 1.807) is 16.3 Å². The van der Waals surface area contributed by atoms with Crippen LogP contribution < -0.4 is 5.19 Å². The Labute approximate surface area is 194 Å². The van der Waals surface area contributed by atoms with E-state index in [2.05, 4.69) is 110 Å². The van der Waals surface area contributed by atoms with Gasteiger partial charge >= 0.3 is 171 Å². The number of rotatable bonds is 4. The van der Waals surface area contributed by atoms with Crippen LogP contribution in [-0.4, -0.2) is 5.98 Å². The Balaban J connectivity index is 0.00000120. The molecule has 2 aliphatic rings. The van der Waals surface area contributed by atoms with Crippen LogP contribution in [0.4, 0.5) is 0 Å². The molecule has 2 aliphatic carbocycles. The number of halogens is 2. The molecular formula is C25H25Cl2HfSi. The molecule has 29 heavy (non-hydrogen) atoms. The second-order valence-corrected chi connectivity index (χ2v) is 32.5. The molecule has 4 heteroatoms. The Morgan fingerprint density at radius 1 is 0.621 bits per heavy atom. The second kappa shape index (κ2) is 9.74. The molecule has 147 valence electrons. The first-order valence-corrected chi connectivity index (χ1v) is 22.5. The normalized spacial score (nSPS) is 18.9. The zero-order valence-electron chi connectivity index (χ0n) is 16.4. The van der Waals surface area contributed by atoms with Crippen molar-refractivity contribution in [2.45, 2.75) is 13.9 Å². The van der Waals surface area contributed by atoms with E-state index in [0.29, 0.717) is 7.35 Å². The zero-order valence-corrected chi connectivity index (χ0v) is 22.7. The number of hydrogen-bond acceptors (Lipinski definition) is 0. The average Bonchev–Trinajstić information content (AvgIpc) is 3.34. The van der Waals surface area contributed by atoms with Crippen LogP contribution in [0.25, 0.3) is 12.2 Å². The molecule has 3 atom stereocenters. The molecule has 0 fully saturated rings. The first kappa shape index (κ1) is 22.5. The molecule has 0 nitrogen and oxygen atoms in total. The Morgan fingerprint density at radius 3 is 1.59 bits per heavy atom. The van der Waals surface area contributed by atoms with Gasteiger partial charge in [0.2, 0.25) is 0 Å². The minimum atomic E-state index is -2.13. The van der Waals surface area contributed by atoms with E-state index in [0.717, 1.165) is 0 Å². The quantitative estimate of drug-likeness (QED) is 0.310. The molecule has 3 aromatic carbocycles. The van der Waals surface area contributed by atoms with Crippen LogP contribution in [-0.2, 0) is 20.6 Å². The van der Waals surface area contributed by atoms with Crippen LogP contribution in [0.3, 0.4) is 0 Å². The van der Waals surface area contributed by atoms with E-state index in [4.69, 9.17) is 0 Å². The molecule has 0 saturated heterocycles. The SMILES string of the molecule is C[SiH](c1ccccc1)[Hf]([CH]1C=Cc2ccccc21)[CH]1C=Cc2ccccc21.Cl.Cl. The molecule has 0 N–H and O–H groups in total. The number of allylic oxidation sites excluding steroid dienone is 2. The van der Waals surface area contributed by atoms with Crippen LogP contribution in [0.1, 0.15) is 29.6 Å². The maximum atomic E-state index is 2.64. The number of fused-ring (bicyclic) bond motifs is 2. The van der Waals surface area contributed by atoms with Crippen LogP contribution in [0.2, 0.25) is 6.55 Å². The van der Waals surface area contributed by atoms with Gasteiger partial charge in [-0.1, -0.05) is 0 Å². The second-order valence-electron chi connectivity index (χ2n) is 7.56. The van der Waals surface area contributed by atoms with Crippen molar-refractivity contribution in [3.63, 3.8) is 0 Å². The molecule has 3 unspecified atom stereocenters. The molecule has 3 aromatic rings. The zero-order chi connectivity index (χ0) is 18.2. The molecule has 0 aliphatic heterocycles. The Kier molecular flexibility index (Phi) is 7.56. The molecule has 0 bridgehead atoms. The number of benzene rings is 3. The summed E-state index contributed by atoms with van der Waals surface area (Å²) in [6.45, 7) is 2.64. The summed E-state index contributed by atoms with van der Waals surface area (Å²) >= 11 is -2.13. The van der Waals surface area contributed by atoms with Gasteiger partial charge in [-0.2, -0.15) is 0 Å². The fourth-order valence-corrected chi connectivity index (χ4v) is 37.7. The summed E-state index contributed by atoms with van der Waals surface area (Å²) in [5, 5.41) is 1.66. The minimum absolute atomic E-state index is 0. The first-order chi connectivity index (χ1) is 13.3. The first-order valence-electron chi connectivity index (χ1n) is 9.79. The standard InChI is InChI=1S/2C9H7.C7H9Si.2ClH.Hf/c2*1-2-5-9-7-3-6-8(9)4-1;1-8-7-5-3-2-4-6-7;;;/h2*1-7H;2-6,8H,1H3;2*1H;. The maximum Gasteiger partial charge on any atom is -0.147 e. The largest absolute Gasteiger partial charge is 0.147 e. The van der Waals surface area contributed by atoms with Gasteiger partial charge in [0.15, 0.2) is 0 Å².